The molecule has 2 aromatic rings. The standard InChI is InChI=1S/C14H14N2O4/c1-8-6-11(20-12(8)14(18)19)7-16-10-4-2-9(3-5-10)13(15)17/h2-6,16H,7H2,1H3,(H2,15,17)(H,18,19). The number of hydrogen-bond acceptors (Lipinski definition) is 4. The Morgan fingerprint density at radius 2 is 1.95 bits per heavy atom. The van der Waals surface area contributed by atoms with Crippen LogP contribution in [0.4, 0.5) is 5.69 Å². The van der Waals surface area contributed by atoms with E-state index in [1.54, 1.807) is 37.3 Å². The number of primary amides is 1. The number of furan rings is 1. The predicted molar refractivity (Wildman–Crippen MR) is 72.7 cm³/mol. The number of carbonyl (C=O) groups excluding carboxylic acids is 1. The molecule has 104 valence electrons. The van der Waals surface area contributed by atoms with Gasteiger partial charge in [-0.05, 0) is 37.3 Å². The summed E-state index contributed by atoms with van der Waals surface area (Å²) in [6.45, 7) is 2.03. The van der Waals surface area contributed by atoms with Crippen LogP contribution >= 0.6 is 0 Å². The third-order valence-electron chi connectivity index (χ3n) is 2.80. The Labute approximate surface area is 115 Å². The van der Waals surface area contributed by atoms with Crippen molar-refractivity contribution in [2.75, 3.05) is 5.32 Å². The molecular formula is C14H14N2O4. The highest BCUT2D eigenvalue weighted by atomic mass is 16.4. The molecule has 1 aromatic carbocycles. The van der Waals surface area contributed by atoms with E-state index in [0.29, 0.717) is 23.4 Å². The fraction of sp³-hybridized carbons (Fsp3) is 0.143. The highest BCUT2D eigenvalue weighted by molar-refractivity contribution is 5.93. The molecule has 1 heterocycles. The minimum atomic E-state index is -1.08. The zero-order chi connectivity index (χ0) is 14.7. The van der Waals surface area contributed by atoms with Crippen LogP contribution in [0.15, 0.2) is 34.7 Å². The molecular weight excluding hydrogens is 260 g/mol. The van der Waals surface area contributed by atoms with Gasteiger partial charge in [-0.3, -0.25) is 4.79 Å². The van der Waals surface area contributed by atoms with Crippen LogP contribution in [-0.4, -0.2) is 17.0 Å². The number of carboxylic acids is 1. The number of carbonyl (C=O) groups is 2. The lowest BCUT2D eigenvalue weighted by molar-refractivity contribution is 0.0659. The molecule has 20 heavy (non-hydrogen) atoms. The van der Waals surface area contributed by atoms with Crippen molar-refractivity contribution in [2.45, 2.75) is 13.5 Å². The van der Waals surface area contributed by atoms with Crippen molar-refractivity contribution in [3.05, 3.63) is 53.0 Å². The van der Waals surface area contributed by atoms with E-state index in [2.05, 4.69) is 5.32 Å². The molecule has 0 radical (unpaired) electrons. The third-order valence-corrected chi connectivity index (χ3v) is 2.80. The Kier molecular flexibility index (Phi) is 3.74. The van der Waals surface area contributed by atoms with E-state index in [1.165, 1.54) is 0 Å². The first-order valence-electron chi connectivity index (χ1n) is 5.93. The summed E-state index contributed by atoms with van der Waals surface area (Å²) in [5, 5.41) is 12.0. The second-order valence-corrected chi connectivity index (χ2v) is 4.33. The Bertz CT molecular complexity index is 644. The molecule has 0 aliphatic rings. The molecule has 1 aromatic heterocycles. The molecule has 6 heteroatoms. The molecule has 0 aliphatic heterocycles. The fourth-order valence-electron chi connectivity index (χ4n) is 1.79. The highest BCUT2D eigenvalue weighted by Gasteiger charge is 2.13. The molecule has 0 unspecified atom stereocenters. The summed E-state index contributed by atoms with van der Waals surface area (Å²) in [6.07, 6.45) is 0. The molecule has 0 aliphatic carbocycles. The lowest BCUT2D eigenvalue weighted by Crippen LogP contribution is -2.10. The van der Waals surface area contributed by atoms with Gasteiger partial charge >= 0.3 is 5.97 Å². The Balaban J connectivity index is 2.03. The van der Waals surface area contributed by atoms with Crippen LogP contribution < -0.4 is 11.1 Å². The minimum absolute atomic E-state index is 0.0501. The van der Waals surface area contributed by atoms with E-state index in [4.69, 9.17) is 15.3 Å². The summed E-state index contributed by atoms with van der Waals surface area (Å²) in [5.74, 6) is -1.09. The van der Waals surface area contributed by atoms with E-state index in [9.17, 15) is 9.59 Å². The van der Waals surface area contributed by atoms with Gasteiger partial charge in [0.05, 0.1) is 6.54 Å². The van der Waals surface area contributed by atoms with Gasteiger partial charge in [-0.2, -0.15) is 0 Å². The van der Waals surface area contributed by atoms with Gasteiger partial charge in [0.1, 0.15) is 5.76 Å². The zero-order valence-electron chi connectivity index (χ0n) is 10.8. The van der Waals surface area contributed by atoms with Gasteiger partial charge in [-0.25, -0.2) is 4.79 Å². The van der Waals surface area contributed by atoms with Crippen molar-refractivity contribution in [3.8, 4) is 0 Å². The second-order valence-electron chi connectivity index (χ2n) is 4.33. The number of carboxylic acid groups (broad SMARTS) is 1. The van der Waals surface area contributed by atoms with Crippen LogP contribution in [0.1, 0.15) is 32.2 Å². The maximum absolute atomic E-state index is 10.9. The monoisotopic (exact) mass is 274 g/mol. The van der Waals surface area contributed by atoms with Gasteiger partial charge in [0.25, 0.3) is 0 Å². The molecule has 2 rings (SSSR count). The van der Waals surface area contributed by atoms with Crippen LogP contribution in [0, 0.1) is 6.92 Å². The van der Waals surface area contributed by atoms with Crippen LogP contribution in [0.5, 0.6) is 0 Å². The van der Waals surface area contributed by atoms with Crippen molar-refractivity contribution >= 4 is 17.6 Å². The fourth-order valence-corrected chi connectivity index (χ4v) is 1.79. The van der Waals surface area contributed by atoms with E-state index >= 15 is 0 Å². The number of aromatic carboxylic acids is 1. The quantitative estimate of drug-likeness (QED) is 0.773. The van der Waals surface area contributed by atoms with Crippen molar-refractivity contribution in [2.24, 2.45) is 5.73 Å². The van der Waals surface area contributed by atoms with Crippen LogP contribution in [0.25, 0.3) is 0 Å². The number of aryl methyl sites for hydroxylation is 1. The smallest absolute Gasteiger partial charge is 0.372 e. The highest BCUT2D eigenvalue weighted by Crippen LogP contribution is 2.16. The van der Waals surface area contributed by atoms with Crippen molar-refractivity contribution in [1.82, 2.24) is 0 Å². The maximum Gasteiger partial charge on any atom is 0.372 e. The van der Waals surface area contributed by atoms with Gasteiger partial charge in [0, 0.05) is 16.8 Å². The first kappa shape index (κ1) is 13.7. The molecule has 0 saturated carbocycles. The summed E-state index contributed by atoms with van der Waals surface area (Å²) in [5.41, 5.74) is 6.94. The first-order valence-corrected chi connectivity index (χ1v) is 5.93. The second kappa shape index (κ2) is 5.48. The summed E-state index contributed by atoms with van der Waals surface area (Å²) in [7, 11) is 0. The van der Waals surface area contributed by atoms with E-state index in [1.807, 2.05) is 0 Å². The van der Waals surface area contributed by atoms with Crippen molar-refractivity contribution < 1.29 is 19.1 Å². The molecule has 1 amide bonds. The third kappa shape index (κ3) is 2.97. The number of benzene rings is 1. The summed E-state index contributed by atoms with van der Waals surface area (Å²) < 4.78 is 5.22. The van der Waals surface area contributed by atoms with E-state index < -0.39 is 11.9 Å². The van der Waals surface area contributed by atoms with Crippen LogP contribution in [0.2, 0.25) is 0 Å². The van der Waals surface area contributed by atoms with Gasteiger partial charge < -0.3 is 20.6 Å². The number of nitrogens with one attached hydrogen (secondary N) is 1. The molecule has 0 atom stereocenters. The lowest BCUT2D eigenvalue weighted by atomic mass is 10.2. The Morgan fingerprint density at radius 1 is 1.30 bits per heavy atom. The summed E-state index contributed by atoms with van der Waals surface area (Å²) in [4.78, 5) is 21.8. The molecule has 0 saturated heterocycles. The van der Waals surface area contributed by atoms with Crippen molar-refractivity contribution in [3.63, 3.8) is 0 Å². The Morgan fingerprint density at radius 3 is 2.45 bits per heavy atom. The van der Waals surface area contributed by atoms with E-state index in [-0.39, 0.29) is 5.76 Å². The predicted octanol–water partition coefficient (Wildman–Crippen LogP) is 2.00. The van der Waals surface area contributed by atoms with E-state index in [0.717, 1.165) is 5.69 Å². The normalized spacial score (nSPS) is 10.2. The number of rotatable bonds is 5. The zero-order valence-corrected chi connectivity index (χ0v) is 10.8. The maximum atomic E-state index is 10.9. The molecule has 4 N–H and O–H groups in total. The van der Waals surface area contributed by atoms with Gasteiger partial charge in [0.2, 0.25) is 11.7 Å². The number of hydrogen-bond donors (Lipinski definition) is 3. The molecule has 0 bridgehead atoms. The van der Waals surface area contributed by atoms with Gasteiger partial charge in [-0.15, -0.1) is 0 Å². The Hall–Kier alpha value is -2.76. The number of anilines is 1. The topological polar surface area (TPSA) is 106 Å². The molecule has 6 nitrogen and oxygen atoms in total. The van der Waals surface area contributed by atoms with Crippen LogP contribution in [0.3, 0.4) is 0 Å². The largest absolute Gasteiger partial charge is 0.475 e. The van der Waals surface area contributed by atoms with Crippen molar-refractivity contribution in [1.29, 1.82) is 0 Å². The molecule has 0 fully saturated rings. The number of amides is 1. The SMILES string of the molecule is Cc1cc(CNc2ccc(C(N)=O)cc2)oc1C(=O)O. The van der Waals surface area contributed by atoms with Gasteiger partial charge in [0.15, 0.2) is 0 Å². The summed E-state index contributed by atoms with van der Waals surface area (Å²) >= 11 is 0. The number of nitrogens with two attached hydrogens (primary N) is 1. The van der Waals surface area contributed by atoms with Gasteiger partial charge in [-0.1, -0.05) is 0 Å². The average Bonchev–Trinajstić information content (AvgIpc) is 2.78. The summed E-state index contributed by atoms with van der Waals surface area (Å²) in [6, 6.07) is 8.33. The van der Waals surface area contributed by atoms with Crippen LogP contribution in [-0.2, 0) is 6.54 Å². The lowest BCUT2D eigenvalue weighted by Gasteiger charge is -2.04. The minimum Gasteiger partial charge on any atom is -0.475 e. The first-order chi connectivity index (χ1) is 9.47. The average molecular weight is 274 g/mol. The molecule has 0 spiro atoms.